The Kier molecular flexibility index (Phi) is 5.58. The third-order valence-corrected chi connectivity index (χ3v) is 5.98. The van der Waals surface area contributed by atoms with Gasteiger partial charge in [-0.25, -0.2) is 0 Å². The summed E-state index contributed by atoms with van der Waals surface area (Å²) < 4.78 is 1.15. The van der Waals surface area contributed by atoms with E-state index in [-0.39, 0.29) is 11.7 Å². The molecule has 1 aromatic heterocycles. The van der Waals surface area contributed by atoms with Crippen molar-refractivity contribution in [2.45, 2.75) is 19.9 Å². The van der Waals surface area contributed by atoms with Crippen LogP contribution < -0.4 is 0 Å². The smallest absolute Gasteiger partial charge is 0.257 e. The Morgan fingerprint density at radius 2 is 1.96 bits per heavy atom. The molecule has 1 aliphatic rings. The summed E-state index contributed by atoms with van der Waals surface area (Å²) in [4.78, 5) is 18.2. The van der Waals surface area contributed by atoms with E-state index < -0.39 is 0 Å². The molecule has 0 saturated carbocycles. The maximum Gasteiger partial charge on any atom is 0.257 e. The standard InChI is InChI=1S/C18H21BrN2O2S/c1-2-13-3-5-16(22)15(11-13)18(23)21-9-7-20(8-10-21)12-14-4-6-17(19)24-14/h3-6,11,22H,2,7-10,12H2,1H3. The highest BCUT2D eigenvalue weighted by Gasteiger charge is 2.24. The number of phenolic OH excluding ortho intramolecular Hbond substituents is 1. The number of phenols is 1. The van der Waals surface area contributed by atoms with E-state index in [1.807, 2.05) is 24.0 Å². The molecule has 4 nitrogen and oxygen atoms in total. The zero-order valence-corrected chi connectivity index (χ0v) is 16.1. The van der Waals surface area contributed by atoms with Crippen LogP contribution in [0.2, 0.25) is 0 Å². The molecule has 1 N–H and O–H groups in total. The summed E-state index contributed by atoms with van der Waals surface area (Å²) in [7, 11) is 0. The average Bonchev–Trinajstić information content (AvgIpc) is 3.00. The zero-order chi connectivity index (χ0) is 17.1. The molecule has 24 heavy (non-hydrogen) atoms. The van der Waals surface area contributed by atoms with Gasteiger partial charge >= 0.3 is 0 Å². The van der Waals surface area contributed by atoms with E-state index in [4.69, 9.17) is 0 Å². The fourth-order valence-corrected chi connectivity index (χ4v) is 4.44. The second-order valence-electron chi connectivity index (χ2n) is 5.98. The number of rotatable bonds is 4. The van der Waals surface area contributed by atoms with Crippen molar-refractivity contribution in [3.8, 4) is 5.75 Å². The quantitative estimate of drug-likeness (QED) is 0.837. The van der Waals surface area contributed by atoms with Crippen LogP contribution in [0.3, 0.4) is 0 Å². The number of aromatic hydroxyl groups is 1. The number of carbonyl (C=O) groups excluding carboxylic acids is 1. The molecule has 1 aliphatic heterocycles. The molecular weight excluding hydrogens is 388 g/mol. The van der Waals surface area contributed by atoms with Gasteiger partial charge in [-0.1, -0.05) is 13.0 Å². The fourth-order valence-electron chi connectivity index (χ4n) is 2.91. The lowest BCUT2D eigenvalue weighted by Gasteiger charge is -2.34. The second kappa shape index (κ2) is 7.68. The molecule has 0 unspecified atom stereocenters. The molecule has 6 heteroatoms. The van der Waals surface area contributed by atoms with E-state index in [2.05, 4.69) is 33.0 Å². The first-order chi connectivity index (χ1) is 11.6. The van der Waals surface area contributed by atoms with E-state index in [1.165, 1.54) is 4.88 Å². The van der Waals surface area contributed by atoms with Gasteiger partial charge in [-0.3, -0.25) is 9.69 Å². The van der Waals surface area contributed by atoms with Crippen LogP contribution in [0.5, 0.6) is 5.75 Å². The van der Waals surface area contributed by atoms with Crippen LogP contribution in [0.25, 0.3) is 0 Å². The lowest BCUT2D eigenvalue weighted by Crippen LogP contribution is -2.48. The summed E-state index contributed by atoms with van der Waals surface area (Å²) in [5.74, 6) is 0.00406. The SMILES string of the molecule is CCc1ccc(O)c(C(=O)N2CCN(Cc3ccc(Br)s3)CC2)c1. The summed E-state index contributed by atoms with van der Waals surface area (Å²) in [6, 6.07) is 9.51. The molecule has 2 aromatic rings. The average molecular weight is 409 g/mol. The molecule has 3 rings (SSSR count). The lowest BCUT2D eigenvalue weighted by molar-refractivity contribution is 0.0626. The lowest BCUT2D eigenvalue weighted by atomic mass is 10.1. The van der Waals surface area contributed by atoms with Crippen LogP contribution in [0.1, 0.15) is 27.7 Å². The van der Waals surface area contributed by atoms with Crippen molar-refractivity contribution < 1.29 is 9.90 Å². The number of aryl methyl sites for hydroxylation is 1. The molecule has 1 fully saturated rings. The van der Waals surface area contributed by atoms with Gasteiger partial charge in [0, 0.05) is 37.6 Å². The molecule has 128 valence electrons. The minimum absolute atomic E-state index is 0.0682. The second-order valence-corrected chi connectivity index (χ2v) is 8.53. The Hall–Kier alpha value is -1.37. The Bertz CT molecular complexity index is 724. The van der Waals surface area contributed by atoms with Gasteiger partial charge in [-0.15, -0.1) is 11.3 Å². The van der Waals surface area contributed by atoms with Crippen LogP contribution in [0.4, 0.5) is 0 Å². The van der Waals surface area contributed by atoms with Crippen molar-refractivity contribution in [2.75, 3.05) is 26.2 Å². The molecule has 2 heterocycles. The van der Waals surface area contributed by atoms with Crippen LogP contribution in [0.15, 0.2) is 34.1 Å². The molecule has 0 spiro atoms. The van der Waals surface area contributed by atoms with Crippen LogP contribution >= 0.6 is 27.3 Å². The number of piperazine rings is 1. The summed E-state index contributed by atoms with van der Waals surface area (Å²) in [5.41, 5.74) is 1.49. The van der Waals surface area contributed by atoms with E-state index in [0.29, 0.717) is 18.7 Å². The largest absolute Gasteiger partial charge is 0.507 e. The van der Waals surface area contributed by atoms with E-state index in [0.717, 1.165) is 35.4 Å². The third-order valence-electron chi connectivity index (χ3n) is 4.37. The van der Waals surface area contributed by atoms with Crippen molar-refractivity contribution in [2.24, 2.45) is 0 Å². The van der Waals surface area contributed by atoms with Crippen molar-refractivity contribution in [1.82, 2.24) is 9.80 Å². The van der Waals surface area contributed by atoms with Crippen LogP contribution in [-0.4, -0.2) is 47.0 Å². The number of nitrogens with zero attached hydrogens (tertiary/aromatic N) is 2. The van der Waals surface area contributed by atoms with Gasteiger partial charge in [0.1, 0.15) is 5.75 Å². The number of amides is 1. The number of thiophene rings is 1. The first kappa shape index (κ1) is 17.5. The summed E-state index contributed by atoms with van der Waals surface area (Å²) in [5, 5.41) is 10.0. The first-order valence-corrected chi connectivity index (χ1v) is 9.75. The summed E-state index contributed by atoms with van der Waals surface area (Å²) in [6.07, 6.45) is 0.852. The topological polar surface area (TPSA) is 43.8 Å². The maximum absolute atomic E-state index is 12.7. The van der Waals surface area contributed by atoms with Crippen molar-refractivity contribution in [1.29, 1.82) is 0 Å². The van der Waals surface area contributed by atoms with Crippen LogP contribution in [-0.2, 0) is 13.0 Å². The van der Waals surface area contributed by atoms with Gasteiger partial charge in [-0.05, 0) is 52.2 Å². The van der Waals surface area contributed by atoms with Gasteiger partial charge < -0.3 is 10.0 Å². The number of hydrogen-bond acceptors (Lipinski definition) is 4. The van der Waals surface area contributed by atoms with Gasteiger partial charge in [0.2, 0.25) is 0 Å². The van der Waals surface area contributed by atoms with E-state index in [9.17, 15) is 9.90 Å². The molecular formula is C18H21BrN2O2S. The predicted molar refractivity (Wildman–Crippen MR) is 101 cm³/mol. The Labute approximate surface area is 154 Å². The van der Waals surface area contributed by atoms with Gasteiger partial charge in [0.15, 0.2) is 0 Å². The van der Waals surface area contributed by atoms with E-state index >= 15 is 0 Å². The van der Waals surface area contributed by atoms with Gasteiger partial charge in [-0.2, -0.15) is 0 Å². The maximum atomic E-state index is 12.7. The number of benzene rings is 1. The minimum atomic E-state index is -0.0682. The van der Waals surface area contributed by atoms with Gasteiger partial charge in [0.05, 0.1) is 9.35 Å². The molecule has 0 aliphatic carbocycles. The molecule has 0 bridgehead atoms. The highest BCUT2D eigenvalue weighted by atomic mass is 79.9. The molecule has 0 atom stereocenters. The van der Waals surface area contributed by atoms with Crippen molar-refractivity contribution in [3.63, 3.8) is 0 Å². The van der Waals surface area contributed by atoms with E-state index in [1.54, 1.807) is 17.4 Å². The number of halogens is 1. The predicted octanol–water partition coefficient (Wildman–Crippen LogP) is 3.74. The Balaban J connectivity index is 1.61. The van der Waals surface area contributed by atoms with Crippen molar-refractivity contribution >= 4 is 33.2 Å². The Morgan fingerprint density at radius 3 is 2.58 bits per heavy atom. The van der Waals surface area contributed by atoms with Crippen LogP contribution in [0, 0.1) is 0 Å². The molecule has 0 radical (unpaired) electrons. The molecule has 1 saturated heterocycles. The molecule has 1 aromatic carbocycles. The Morgan fingerprint density at radius 1 is 1.21 bits per heavy atom. The number of hydrogen-bond donors (Lipinski definition) is 1. The highest BCUT2D eigenvalue weighted by Crippen LogP contribution is 2.24. The third kappa shape index (κ3) is 3.99. The van der Waals surface area contributed by atoms with Gasteiger partial charge in [0.25, 0.3) is 5.91 Å². The first-order valence-electron chi connectivity index (χ1n) is 8.14. The summed E-state index contributed by atoms with van der Waals surface area (Å²) in [6.45, 7) is 6.07. The molecule has 1 amide bonds. The van der Waals surface area contributed by atoms with Crippen molar-refractivity contribution in [3.05, 3.63) is 50.1 Å². The fraction of sp³-hybridized carbons (Fsp3) is 0.389. The monoisotopic (exact) mass is 408 g/mol. The minimum Gasteiger partial charge on any atom is -0.507 e. The zero-order valence-electron chi connectivity index (χ0n) is 13.7. The highest BCUT2D eigenvalue weighted by molar-refractivity contribution is 9.11. The summed E-state index contributed by atoms with van der Waals surface area (Å²) >= 11 is 5.25. The normalized spacial score (nSPS) is 15.7. The number of carbonyl (C=O) groups is 1.